The number of piperazine rings is 1. The molecule has 114 valence electrons. The fourth-order valence-corrected chi connectivity index (χ4v) is 5.98. The molecule has 20 heavy (non-hydrogen) atoms. The molecule has 0 aromatic rings. The Bertz CT molecular complexity index is 344. The highest BCUT2D eigenvalue weighted by molar-refractivity contribution is 5.09. The highest BCUT2D eigenvalue weighted by Gasteiger charge is 2.53. The minimum Gasteiger partial charge on any atom is -0.329 e. The van der Waals surface area contributed by atoms with Gasteiger partial charge in [0.1, 0.15) is 0 Å². The van der Waals surface area contributed by atoms with Gasteiger partial charge in [-0.2, -0.15) is 0 Å². The predicted octanol–water partition coefficient (Wildman–Crippen LogP) is 2.06. The smallest absolute Gasteiger partial charge is 0.0363 e. The maximum Gasteiger partial charge on any atom is 0.0363 e. The third-order valence-corrected chi connectivity index (χ3v) is 7.08. The van der Waals surface area contributed by atoms with Crippen LogP contribution in [-0.4, -0.2) is 54.1 Å². The van der Waals surface area contributed by atoms with E-state index in [1.165, 1.54) is 77.5 Å². The van der Waals surface area contributed by atoms with Crippen molar-refractivity contribution in [3.05, 3.63) is 0 Å². The van der Waals surface area contributed by atoms with Gasteiger partial charge in [-0.15, -0.1) is 0 Å². The molecular formula is C17H31N3. The van der Waals surface area contributed by atoms with Gasteiger partial charge in [0.25, 0.3) is 0 Å². The molecule has 0 amide bonds. The summed E-state index contributed by atoms with van der Waals surface area (Å²) >= 11 is 0. The largest absolute Gasteiger partial charge is 0.329 e. The van der Waals surface area contributed by atoms with Crippen molar-refractivity contribution >= 4 is 0 Å². The molecule has 4 fully saturated rings. The van der Waals surface area contributed by atoms with E-state index in [0.29, 0.717) is 5.54 Å². The van der Waals surface area contributed by atoms with Gasteiger partial charge in [-0.25, -0.2) is 0 Å². The van der Waals surface area contributed by atoms with E-state index in [4.69, 9.17) is 5.73 Å². The average molecular weight is 277 g/mol. The molecule has 0 aromatic carbocycles. The first-order chi connectivity index (χ1) is 9.82. The molecule has 0 aromatic heterocycles. The van der Waals surface area contributed by atoms with Crippen molar-refractivity contribution in [2.24, 2.45) is 17.6 Å². The van der Waals surface area contributed by atoms with Crippen LogP contribution in [0.25, 0.3) is 0 Å². The van der Waals surface area contributed by atoms with Crippen LogP contribution in [0.4, 0.5) is 0 Å². The summed E-state index contributed by atoms with van der Waals surface area (Å²) in [7, 11) is 0. The standard InChI is InChI=1S/C17H31N3/c18-13-17(12-14-5-6-15(17)11-14)20-9-7-19(8-10-20)16-3-1-2-4-16/h14-16H,1-13,18H2. The van der Waals surface area contributed by atoms with Crippen LogP contribution in [0.1, 0.15) is 51.4 Å². The Morgan fingerprint density at radius 3 is 2.25 bits per heavy atom. The van der Waals surface area contributed by atoms with Gasteiger partial charge in [0.2, 0.25) is 0 Å². The first kappa shape index (κ1) is 13.5. The lowest BCUT2D eigenvalue weighted by molar-refractivity contribution is -0.00824. The van der Waals surface area contributed by atoms with E-state index >= 15 is 0 Å². The molecule has 3 atom stereocenters. The van der Waals surface area contributed by atoms with E-state index in [0.717, 1.165) is 24.4 Å². The third-order valence-electron chi connectivity index (χ3n) is 7.08. The lowest BCUT2D eigenvalue weighted by atomic mass is 9.79. The number of hydrogen-bond donors (Lipinski definition) is 1. The van der Waals surface area contributed by atoms with E-state index in [1.807, 2.05) is 0 Å². The predicted molar refractivity (Wildman–Crippen MR) is 82.6 cm³/mol. The van der Waals surface area contributed by atoms with Crippen LogP contribution >= 0.6 is 0 Å². The lowest BCUT2D eigenvalue weighted by Gasteiger charge is -2.50. The SMILES string of the molecule is NCC1(N2CCN(C3CCCC3)CC2)CC2CCC1C2. The minimum atomic E-state index is 0.394. The minimum absolute atomic E-state index is 0.394. The zero-order valence-electron chi connectivity index (χ0n) is 12.9. The number of nitrogens with zero attached hydrogens (tertiary/aromatic N) is 2. The Balaban J connectivity index is 1.40. The molecule has 3 heteroatoms. The van der Waals surface area contributed by atoms with Crippen LogP contribution in [-0.2, 0) is 0 Å². The summed E-state index contributed by atoms with van der Waals surface area (Å²) in [6.07, 6.45) is 11.6. The van der Waals surface area contributed by atoms with Crippen LogP contribution in [0.2, 0.25) is 0 Å². The quantitative estimate of drug-likeness (QED) is 0.857. The summed E-state index contributed by atoms with van der Waals surface area (Å²) in [5, 5.41) is 0. The van der Waals surface area contributed by atoms with Gasteiger partial charge in [0.05, 0.1) is 0 Å². The van der Waals surface area contributed by atoms with Crippen molar-refractivity contribution in [3.63, 3.8) is 0 Å². The second-order valence-corrected chi connectivity index (χ2v) is 7.85. The first-order valence-electron chi connectivity index (χ1n) is 9.01. The van der Waals surface area contributed by atoms with Crippen molar-refractivity contribution in [2.45, 2.75) is 62.9 Å². The summed E-state index contributed by atoms with van der Waals surface area (Å²) in [5.74, 6) is 1.91. The highest BCUT2D eigenvalue weighted by Crippen LogP contribution is 2.53. The summed E-state index contributed by atoms with van der Waals surface area (Å²) in [5.41, 5.74) is 6.68. The first-order valence-corrected chi connectivity index (χ1v) is 9.01. The molecule has 1 heterocycles. The second kappa shape index (κ2) is 5.26. The maximum absolute atomic E-state index is 6.29. The fourth-order valence-electron chi connectivity index (χ4n) is 5.98. The Morgan fingerprint density at radius 1 is 0.950 bits per heavy atom. The molecule has 3 aliphatic carbocycles. The van der Waals surface area contributed by atoms with Crippen LogP contribution in [0.15, 0.2) is 0 Å². The lowest BCUT2D eigenvalue weighted by Crippen LogP contribution is -2.63. The topological polar surface area (TPSA) is 32.5 Å². The van der Waals surface area contributed by atoms with E-state index < -0.39 is 0 Å². The van der Waals surface area contributed by atoms with Crippen LogP contribution < -0.4 is 5.73 Å². The molecule has 4 rings (SSSR count). The Hall–Kier alpha value is -0.120. The molecule has 2 N–H and O–H groups in total. The zero-order chi connectivity index (χ0) is 13.6. The van der Waals surface area contributed by atoms with Gasteiger partial charge < -0.3 is 5.73 Å². The van der Waals surface area contributed by atoms with E-state index in [2.05, 4.69) is 9.80 Å². The van der Waals surface area contributed by atoms with Gasteiger partial charge in [0, 0.05) is 44.3 Å². The number of nitrogens with two attached hydrogens (primary N) is 1. The summed E-state index contributed by atoms with van der Waals surface area (Å²) < 4.78 is 0. The van der Waals surface area contributed by atoms with Gasteiger partial charge in [-0.05, 0) is 43.9 Å². The third kappa shape index (κ3) is 2.05. The number of fused-ring (bicyclic) bond motifs is 2. The van der Waals surface area contributed by atoms with Gasteiger partial charge in [0.15, 0.2) is 0 Å². The maximum atomic E-state index is 6.29. The Kier molecular flexibility index (Phi) is 3.56. The molecule has 3 nitrogen and oxygen atoms in total. The van der Waals surface area contributed by atoms with E-state index in [9.17, 15) is 0 Å². The van der Waals surface area contributed by atoms with Crippen molar-refractivity contribution in [1.82, 2.24) is 9.80 Å². The highest BCUT2D eigenvalue weighted by atomic mass is 15.3. The Labute approximate surface area is 123 Å². The molecule has 3 unspecified atom stereocenters. The molecule has 1 aliphatic heterocycles. The molecule has 2 bridgehead atoms. The second-order valence-electron chi connectivity index (χ2n) is 7.85. The van der Waals surface area contributed by atoms with Crippen molar-refractivity contribution < 1.29 is 0 Å². The van der Waals surface area contributed by atoms with Gasteiger partial charge in [-0.3, -0.25) is 9.80 Å². The summed E-state index contributed by atoms with van der Waals surface area (Å²) in [4.78, 5) is 5.59. The van der Waals surface area contributed by atoms with Gasteiger partial charge in [-0.1, -0.05) is 19.3 Å². The summed E-state index contributed by atoms with van der Waals surface area (Å²) in [6.45, 7) is 6.04. The van der Waals surface area contributed by atoms with E-state index in [1.54, 1.807) is 0 Å². The normalized spacial score (nSPS) is 43.6. The number of rotatable bonds is 3. The van der Waals surface area contributed by atoms with Crippen LogP contribution in [0.3, 0.4) is 0 Å². The Morgan fingerprint density at radius 2 is 1.70 bits per heavy atom. The van der Waals surface area contributed by atoms with Crippen LogP contribution in [0, 0.1) is 11.8 Å². The van der Waals surface area contributed by atoms with Crippen LogP contribution in [0.5, 0.6) is 0 Å². The number of hydrogen-bond acceptors (Lipinski definition) is 3. The van der Waals surface area contributed by atoms with Crippen molar-refractivity contribution in [1.29, 1.82) is 0 Å². The molecular weight excluding hydrogens is 246 g/mol. The fraction of sp³-hybridized carbons (Fsp3) is 1.00. The molecule has 1 saturated heterocycles. The monoisotopic (exact) mass is 277 g/mol. The van der Waals surface area contributed by atoms with Gasteiger partial charge >= 0.3 is 0 Å². The van der Waals surface area contributed by atoms with Crippen molar-refractivity contribution in [3.8, 4) is 0 Å². The molecule has 4 aliphatic rings. The molecule has 3 saturated carbocycles. The van der Waals surface area contributed by atoms with Crippen molar-refractivity contribution in [2.75, 3.05) is 32.7 Å². The van der Waals surface area contributed by atoms with E-state index in [-0.39, 0.29) is 0 Å². The summed E-state index contributed by atoms with van der Waals surface area (Å²) in [6, 6.07) is 0.908. The molecule has 0 radical (unpaired) electrons. The average Bonchev–Trinajstić information content (AvgIpc) is 3.23. The zero-order valence-corrected chi connectivity index (χ0v) is 12.9. The molecule has 0 spiro atoms.